The van der Waals surface area contributed by atoms with Crippen molar-refractivity contribution in [1.29, 1.82) is 0 Å². The van der Waals surface area contributed by atoms with Gasteiger partial charge in [-0.3, -0.25) is 9.97 Å². The van der Waals surface area contributed by atoms with Crippen LogP contribution in [0.3, 0.4) is 0 Å². The van der Waals surface area contributed by atoms with Gasteiger partial charge in [-0.05, 0) is 45.1 Å². The standard InChI is InChI=1S/C17H12BrN3/c18-16-9-20-8-14-2-1-12(7-15(14)16)11-21-6-4-13-3-5-19-10-17(13)21/h1-10H,11H2. The molecule has 3 aromatic heterocycles. The summed E-state index contributed by atoms with van der Waals surface area (Å²) in [5.41, 5.74) is 2.42. The van der Waals surface area contributed by atoms with Crippen LogP contribution < -0.4 is 0 Å². The van der Waals surface area contributed by atoms with Crippen LogP contribution in [0.25, 0.3) is 21.7 Å². The highest BCUT2D eigenvalue weighted by atomic mass is 79.9. The molecule has 4 aromatic rings. The first-order chi connectivity index (χ1) is 10.3. The summed E-state index contributed by atoms with van der Waals surface area (Å²) in [6, 6.07) is 10.6. The summed E-state index contributed by atoms with van der Waals surface area (Å²) in [6.07, 6.45) is 9.57. The van der Waals surface area contributed by atoms with Crippen LogP contribution in [0, 0.1) is 0 Å². The molecule has 0 aliphatic carbocycles. The minimum atomic E-state index is 0.833. The quantitative estimate of drug-likeness (QED) is 0.543. The number of halogens is 1. The molecule has 3 nitrogen and oxygen atoms in total. The molecule has 4 rings (SSSR count). The van der Waals surface area contributed by atoms with Crippen LogP contribution >= 0.6 is 15.9 Å². The van der Waals surface area contributed by atoms with Crippen LogP contribution in [0.2, 0.25) is 0 Å². The zero-order valence-corrected chi connectivity index (χ0v) is 12.8. The maximum Gasteiger partial charge on any atom is 0.0669 e. The van der Waals surface area contributed by atoms with E-state index in [2.05, 4.69) is 60.9 Å². The average Bonchev–Trinajstić information content (AvgIpc) is 2.92. The predicted octanol–water partition coefficient (Wildman–Crippen LogP) is 4.40. The zero-order chi connectivity index (χ0) is 14.2. The minimum Gasteiger partial charge on any atom is -0.342 e. The molecule has 1 aromatic carbocycles. The van der Waals surface area contributed by atoms with E-state index in [-0.39, 0.29) is 0 Å². The van der Waals surface area contributed by atoms with Gasteiger partial charge in [0.2, 0.25) is 0 Å². The molecular formula is C17H12BrN3. The Hall–Kier alpha value is -2.20. The highest BCUT2D eigenvalue weighted by molar-refractivity contribution is 9.10. The number of hydrogen-bond donors (Lipinski definition) is 0. The van der Waals surface area contributed by atoms with Crippen LogP contribution in [0.1, 0.15) is 5.56 Å². The first-order valence-electron chi connectivity index (χ1n) is 6.72. The minimum absolute atomic E-state index is 0.833. The second kappa shape index (κ2) is 4.97. The van der Waals surface area contributed by atoms with Crippen molar-refractivity contribution in [3.05, 3.63) is 71.4 Å². The highest BCUT2D eigenvalue weighted by Gasteiger charge is 2.04. The van der Waals surface area contributed by atoms with Gasteiger partial charge < -0.3 is 4.57 Å². The van der Waals surface area contributed by atoms with Gasteiger partial charge in [0.25, 0.3) is 0 Å². The third kappa shape index (κ3) is 2.21. The fourth-order valence-corrected chi connectivity index (χ4v) is 3.10. The van der Waals surface area contributed by atoms with Crippen molar-refractivity contribution >= 4 is 37.6 Å². The predicted molar refractivity (Wildman–Crippen MR) is 88.3 cm³/mol. The largest absolute Gasteiger partial charge is 0.342 e. The monoisotopic (exact) mass is 337 g/mol. The van der Waals surface area contributed by atoms with E-state index >= 15 is 0 Å². The second-order valence-electron chi connectivity index (χ2n) is 5.05. The molecule has 4 heteroatoms. The lowest BCUT2D eigenvalue weighted by Gasteiger charge is -2.07. The van der Waals surface area contributed by atoms with Gasteiger partial charge >= 0.3 is 0 Å². The van der Waals surface area contributed by atoms with Crippen LogP contribution in [0.4, 0.5) is 0 Å². The van der Waals surface area contributed by atoms with Crippen molar-refractivity contribution in [2.24, 2.45) is 0 Å². The first-order valence-corrected chi connectivity index (χ1v) is 7.51. The highest BCUT2D eigenvalue weighted by Crippen LogP contribution is 2.24. The molecular weight excluding hydrogens is 326 g/mol. The summed E-state index contributed by atoms with van der Waals surface area (Å²) in [5, 5.41) is 3.56. The Morgan fingerprint density at radius 2 is 1.90 bits per heavy atom. The zero-order valence-electron chi connectivity index (χ0n) is 11.2. The second-order valence-corrected chi connectivity index (χ2v) is 5.91. The summed E-state index contributed by atoms with van der Waals surface area (Å²) >= 11 is 3.57. The van der Waals surface area contributed by atoms with Gasteiger partial charge in [-0.15, -0.1) is 0 Å². The van der Waals surface area contributed by atoms with Gasteiger partial charge in [0.1, 0.15) is 0 Å². The molecule has 102 valence electrons. The SMILES string of the molecule is Brc1cncc2ccc(Cn3ccc4ccncc43)cc12. The summed E-state index contributed by atoms with van der Waals surface area (Å²) in [4.78, 5) is 8.41. The van der Waals surface area contributed by atoms with E-state index < -0.39 is 0 Å². The maximum atomic E-state index is 4.21. The molecule has 0 aliphatic rings. The first kappa shape index (κ1) is 12.5. The van der Waals surface area contributed by atoms with E-state index in [1.165, 1.54) is 16.3 Å². The van der Waals surface area contributed by atoms with E-state index in [1.807, 2.05) is 30.9 Å². The van der Waals surface area contributed by atoms with E-state index in [9.17, 15) is 0 Å². The number of fused-ring (bicyclic) bond motifs is 2. The van der Waals surface area contributed by atoms with Crippen LogP contribution in [-0.2, 0) is 6.54 Å². The summed E-state index contributed by atoms with van der Waals surface area (Å²) in [5.74, 6) is 0. The lowest BCUT2D eigenvalue weighted by atomic mass is 10.1. The van der Waals surface area contributed by atoms with Crippen molar-refractivity contribution in [1.82, 2.24) is 14.5 Å². The molecule has 0 radical (unpaired) electrons. The van der Waals surface area contributed by atoms with Crippen molar-refractivity contribution in [2.45, 2.75) is 6.54 Å². The number of aromatic nitrogens is 3. The Morgan fingerprint density at radius 1 is 0.952 bits per heavy atom. The smallest absolute Gasteiger partial charge is 0.0669 e. The molecule has 21 heavy (non-hydrogen) atoms. The number of hydrogen-bond acceptors (Lipinski definition) is 2. The van der Waals surface area contributed by atoms with E-state index in [4.69, 9.17) is 0 Å². The average molecular weight is 338 g/mol. The lowest BCUT2D eigenvalue weighted by Crippen LogP contribution is -1.98. The Labute approximate surface area is 130 Å². The molecule has 0 saturated carbocycles. The van der Waals surface area contributed by atoms with Gasteiger partial charge in [0.05, 0.1) is 11.7 Å². The lowest BCUT2D eigenvalue weighted by molar-refractivity contribution is 0.836. The number of pyridine rings is 2. The Kier molecular flexibility index (Phi) is 2.97. The summed E-state index contributed by atoms with van der Waals surface area (Å²) in [7, 11) is 0. The van der Waals surface area contributed by atoms with Crippen molar-refractivity contribution in [2.75, 3.05) is 0 Å². The molecule has 3 heterocycles. The number of benzene rings is 1. The number of rotatable bonds is 2. The molecule has 0 amide bonds. The van der Waals surface area contributed by atoms with E-state index in [0.29, 0.717) is 0 Å². The van der Waals surface area contributed by atoms with Gasteiger partial charge in [-0.2, -0.15) is 0 Å². The molecule has 0 atom stereocenters. The molecule has 0 aliphatic heterocycles. The van der Waals surface area contributed by atoms with E-state index in [0.717, 1.165) is 21.9 Å². The van der Waals surface area contributed by atoms with Crippen molar-refractivity contribution in [3.8, 4) is 0 Å². The van der Waals surface area contributed by atoms with E-state index in [1.54, 1.807) is 0 Å². The van der Waals surface area contributed by atoms with Gasteiger partial charge in [0, 0.05) is 46.6 Å². The Bertz CT molecular complexity index is 943. The fraction of sp³-hybridized carbons (Fsp3) is 0.0588. The Morgan fingerprint density at radius 3 is 2.86 bits per heavy atom. The third-order valence-electron chi connectivity index (χ3n) is 3.71. The summed E-state index contributed by atoms with van der Waals surface area (Å²) in [6.45, 7) is 0.833. The molecule has 0 bridgehead atoms. The molecule has 0 N–H and O–H groups in total. The molecule has 0 spiro atoms. The van der Waals surface area contributed by atoms with Gasteiger partial charge in [-0.1, -0.05) is 12.1 Å². The van der Waals surface area contributed by atoms with Crippen LogP contribution in [0.15, 0.2) is 65.8 Å². The van der Waals surface area contributed by atoms with Crippen molar-refractivity contribution in [3.63, 3.8) is 0 Å². The summed E-state index contributed by atoms with van der Waals surface area (Å²) < 4.78 is 3.25. The van der Waals surface area contributed by atoms with Crippen LogP contribution in [0.5, 0.6) is 0 Å². The topological polar surface area (TPSA) is 30.7 Å². The molecule has 0 unspecified atom stereocenters. The van der Waals surface area contributed by atoms with Crippen LogP contribution in [-0.4, -0.2) is 14.5 Å². The molecule has 0 fully saturated rings. The fourth-order valence-electron chi connectivity index (χ4n) is 2.64. The maximum absolute atomic E-state index is 4.21. The van der Waals surface area contributed by atoms with Gasteiger partial charge in [-0.25, -0.2) is 0 Å². The van der Waals surface area contributed by atoms with Crippen molar-refractivity contribution < 1.29 is 0 Å². The normalized spacial score (nSPS) is 11.3. The third-order valence-corrected chi connectivity index (χ3v) is 4.34. The molecule has 0 saturated heterocycles. The Balaban J connectivity index is 1.79. The van der Waals surface area contributed by atoms with Gasteiger partial charge in [0.15, 0.2) is 0 Å². The number of nitrogens with zero attached hydrogens (tertiary/aromatic N) is 3.